The summed E-state index contributed by atoms with van der Waals surface area (Å²) in [5.41, 5.74) is 1.76. The van der Waals surface area contributed by atoms with Crippen LogP contribution >= 0.6 is 11.3 Å². The molecule has 3 rings (SSSR count). The predicted octanol–water partition coefficient (Wildman–Crippen LogP) is 2.82. The number of carbonyl (C=O) groups is 2. The second kappa shape index (κ2) is 9.45. The molecule has 1 aliphatic heterocycles. The average molecular weight is 372 g/mol. The Morgan fingerprint density at radius 3 is 2.46 bits per heavy atom. The maximum atomic E-state index is 12.2. The summed E-state index contributed by atoms with van der Waals surface area (Å²) in [6, 6.07) is 5.51. The molecule has 0 bridgehead atoms. The maximum absolute atomic E-state index is 12.2. The Bertz CT molecular complexity index is 698. The van der Waals surface area contributed by atoms with E-state index in [1.165, 1.54) is 31.2 Å². The van der Waals surface area contributed by atoms with Crippen molar-refractivity contribution in [2.45, 2.75) is 31.7 Å². The van der Waals surface area contributed by atoms with Crippen molar-refractivity contribution in [2.75, 3.05) is 25.0 Å². The van der Waals surface area contributed by atoms with Crippen LogP contribution in [0.3, 0.4) is 0 Å². The molecular formula is C19H24N4O2S. The molecule has 2 aromatic heterocycles. The fraction of sp³-hybridized carbons (Fsp3) is 0.421. The number of pyridine rings is 1. The number of hydrogen-bond donors (Lipinski definition) is 2. The SMILES string of the molecule is O=C(NCC(c1ccsc1)N1CCCCCC1)C(=O)Nc1ccncc1. The molecule has 1 atom stereocenters. The van der Waals surface area contributed by atoms with Crippen LogP contribution in [-0.4, -0.2) is 41.3 Å². The summed E-state index contributed by atoms with van der Waals surface area (Å²) in [6.07, 6.45) is 8.01. The lowest BCUT2D eigenvalue weighted by molar-refractivity contribution is -0.136. The summed E-state index contributed by atoms with van der Waals surface area (Å²) < 4.78 is 0. The predicted molar refractivity (Wildman–Crippen MR) is 103 cm³/mol. The topological polar surface area (TPSA) is 74.3 Å². The lowest BCUT2D eigenvalue weighted by Gasteiger charge is -2.30. The van der Waals surface area contributed by atoms with Gasteiger partial charge in [-0.15, -0.1) is 0 Å². The third-order valence-corrected chi connectivity index (χ3v) is 5.31. The lowest BCUT2D eigenvalue weighted by atomic mass is 10.1. The van der Waals surface area contributed by atoms with Crippen molar-refractivity contribution >= 4 is 28.8 Å². The number of aromatic nitrogens is 1. The number of nitrogens with one attached hydrogen (secondary N) is 2. The summed E-state index contributed by atoms with van der Waals surface area (Å²) in [5, 5.41) is 9.57. The van der Waals surface area contributed by atoms with Crippen LogP contribution in [0.15, 0.2) is 41.4 Å². The van der Waals surface area contributed by atoms with Gasteiger partial charge >= 0.3 is 11.8 Å². The first-order valence-electron chi connectivity index (χ1n) is 8.99. The number of carbonyl (C=O) groups excluding carboxylic acids is 2. The first-order valence-corrected chi connectivity index (χ1v) is 9.93. The molecule has 26 heavy (non-hydrogen) atoms. The van der Waals surface area contributed by atoms with Crippen molar-refractivity contribution in [1.29, 1.82) is 0 Å². The number of nitrogens with zero attached hydrogens (tertiary/aromatic N) is 2. The highest BCUT2D eigenvalue weighted by Crippen LogP contribution is 2.25. The molecule has 0 spiro atoms. The Morgan fingerprint density at radius 1 is 1.08 bits per heavy atom. The van der Waals surface area contributed by atoms with E-state index >= 15 is 0 Å². The molecule has 1 aliphatic rings. The van der Waals surface area contributed by atoms with E-state index in [4.69, 9.17) is 0 Å². The van der Waals surface area contributed by atoms with Crippen LogP contribution in [0.4, 0.5) is 5.69 Å². The molecule has 7 heteroatoms. The van der Waals surface area contributed by atoms with Gasteiger partial charge in [-0.25, -0.2) is 0 Å². The van der Waals surface area contributed by atoms with Crippen LogP contribution in [0, 0.1) is 0 Å². The van der Waals surface area contributed by atoms with E-state index in [9.17, 15) is 9.59 Å². The molecule has 6 nitrogen and oxygen atoms in total. The molecule has 0 aromatic carbocycles. The molecule has 0 aliphatic carbocycles. The van der Waals surface area contributed by atoms with E-state index < -0.39 is 11.8 Å². The summed E-state index contributed by atoms with van der Waals surface area (Å²) in [5.74, 6) is -1.27. The molecule has 3 heterocycles. The molecule has 1 unspecified atom stereocenters. The van der Waals surface area contributed by atoms with Crippen LogP contribution in [0.1, 0.15) is 37.3 Å². The Morgan fingerprint density at radius 2 is 1.81 bits per heavy atom. The zero-order valence-corrected chi connectivity index (χ0v) is 15.5. The fourth-order valence-electron chi connectivity index (χ4n) is 3.22. The van der Waals surface area contributed by atoms with Crippen molar-refractivity contribution in [3.63, 3.8) is 0 Å². The normalized spacial score (nSPS) is 16.5. The number of anilines is 1. The standard InChI is InChI=1S/C19H24N4O2S/c24-18(19(25)22-16-5-8-20-9-6-16)21-13-17(15-7-12-26-14-15)23-10-3-1-2-4-11-23/h5-9,12,14,17H,1-4,10-11,13H2,(H,21,24)(H,20,22,25). The van der Waals surface area contributed by atoms with E-state index in [-0.39, 0.29) is 6.04 Å². The van der Waals surface area contributed by atoms with Crippen LogP contribution in [-0.2, 0) is 9.59 Å². The van der Waals surface area contributed by atoms with E-state index in [2.05, 4.69) is 37.3 Å². The molecule has 2 aromatic rings. The van der Waals surface area contributed by atoms with Crippen LogP contribution in [0.2, 0.25) is 0 Å². The largest absolute Gasteiger partial charge is 0.346 e. The van der Waals surface area contributed by atoms with E-state index in [1.807, 2.05) is 0 Å². The first-order chi connectivity index (χ1) is 12.7. The van der Waals surface area contributed by atoms with Gasteiger partial charge in [0.1, 0.15) is 0 Å². The van der Waals surface area contributed by atoms with Gasteiger partial charge in [0, 0.05) is 24.6 Å². The third kappa shape index (κ3) is 5.12. The van der Waals surface area contributed by atoms with Gasteiger partial charge in [-0.3, -0.25) is 19.5 Å². The Balaban J connectivity index is 1.60. The molecule has 1 saturated heterocycles. The van der Waals surface area contributed by atoms with Gasteiger partial charge in [-0.1, -0.05) is 12.8 Å². The smallest absolute Gasteiger partial charge is 0.313 e. The lowest BCUT2D eigenvalue weighted by Crippen LogP contribution is -2.42. The minimum atomic E-state index is -0.656. The van der Waals surface area contributed by atoms with E-state index in [0.717, 1.165) is 13.1 Å². The summed E-state index contributed by atoms with van der Waals surface area (Å²) in [7, 11) is 0. The van der Waals surface area contributed by atoms with Gasteiger partial charge in [0.15, 0.2) is 0 Å². The molecule has 2 N–H and O–H groups in total. The second-order valence-electron chi connectivity index (χ2n) is 6.42. The van der Waals surface area contributed by atoms with Crippen molar-refractivity contribution in [2.24, 2.45) is 0 Å². The van der Waals surface area contributed by atoms with Gasteiger partial charge in [0.25, 0.3) is 0 Å². The van der Waals surface area contributed by atoms with Gasteiger partial charge in [-0.05, 0) is 60.5 Å². The highest BCUT2D eigenvalue weighted by Gasteiger charge is 2.24. The number of hydrogen-bond acceptors (Lipinski definition) is 5. The zero-order chi connectivity index (χ0) is 18.2. The van der Waals surface area contributed by atoms with Crippen molar-refractivity contribution < 1.29 is 9.59 Å². The molecule has 0 saturated carbocycles. The van der Waals surface area contributed by atoms with Crippen molar-refractivity contribution in [1.82, 2.24) is 15.2 Å². The number of thiophene rings is 1. The summed E-state index contributed by atoms with van der Waals surface area (Å²) in [4.78, 5) is 30.6. The number of amides is 2. The Labute approximate surface area is 157 Å². The molecule has 2 amide bonds. The zero-order valence-electron chi connectivity index (χ0n) is 14.7. The highest BCUT2D eigenvalue weighted by molar-refractivity contribution is 7.08. The van der Waals surface area contributed by atoms with Gasteiger partial charge in [0.2, 0.25) is 0 Å². The van der Waals surface area contributed by atoms with E-state index in [0.29, 0.717) is 12.2 Å². The van der Waals surface area contributed by atoms with Gasteiger partial charge in [0.05, 0.1) is 6.04 Å². The monoisotopic (exact) mass is 372 g/mol. The number of rotatable bonds is 5. The highest BCUT2D eigenvalue weighted by atomic mass is 32.1. The Kier molecular flexibility index (Phi) is 6.74. The Hall–Kier alpha value is -2.25. The van der Waals surface area contributed by atoms with Crippen LogP contribution < -0.4 is 10.6 Å². The quantitative estimate of drug-likeness (QED) is 0.792. The van der Waals surface area contributed by atoms with Crippen LogP contribution in [0.25, 0.3) is 0 Å². The number of likely N-dealkylation sites (tertiary alicyclic amines) is 1. The molecular weight excluding hydrogens is 348 g/mol. The average Bonchev–Trinajstić information content (AvgIpc) is 3.05. The molecule has 1 fully saturated rings. The molecule has 0 radical (unpaired) electrons. The fourth-order valence-corrected chi connectivity index (χ4v) is 3.93. The summed E-state index contributed by atoms with van der Waals surface area (Å²) >= 11 is 1.65. The van der Waals surface area contributed by atoms with Crippen molar-refractivity contribution in [3.8, 4) is 0 Å². The maximum Gasteiger partial charge on any atom is 0.313 e. The minimum absolute atomic E-state index is 0.108. The van der Waals surface area contributed by atoms with E-state index in [1.54, 1.807) is 35.9 Å². The second-order valence-corrected chi connectivity index (χ2v) is 7.20. The van der Waals surface area contributed by atoms with Crippen molar-refractivity contribution in [3.05, 3.63) is 46.9 Å². The molecule has 138 valence electrons. The van der Waals surface area contributed by atoms with Gasteiger partial charge < -0.3 is 10.6 Å². The summed E-state index contributed by atoms with van der Waals surface area (Å²) in [6.45, 7) is 2.48. The van der Waals surface area contributed by atoms with Gasteiger partial charge in [-0.2, -0.15) is 11.3 Å². The minimum Gasteiger partial charge on any atom is -0.346 e. The first kappa shape index (κ1) is 18.5. The van der Waals surface area contributed by atoms with Crippen LogP contribution in [0.5, 0.6) is 0 Å². The third-order valence-electron chi connectivity index (χ3n) is 4.61.